The van der Waals surface area contributed by atoms with Crippen LogP contribution >= 0.6 is 11.3 Å². The normalized spacial score (nSPS) is 16.3. The molecule has 0 bridgehead atoms. The van der Waals surface area contributed by atoms with Gasteiger partial charge in [0.1, 0.15) is 0 Å². The number of nitrogens with zero attached hydrogens (tertiary/aromatic N) is 2. The van der Waals surface area contributed by atoms with E-state index in [9.17, 15) is 9.59 Å². The van der Waals surface area contributed by atoms with Crippen molar-refractivity contribution in [3.05, 3.63) is 39.8 Å². The zero-order valence-electron chi connectivity index (χ0n) is 16.4. The first-order valence-electron chi connectivity index (χ1n) is 9.17. The topological polar surface area (TPSA) is 80.8 Å². The first kappa shape index (κ1) is 20.1. The van der Waals surface area contributed by atoms with Gasteiger partial charge in [-0.2, -0.15) is 0 Å². The fraction of sp³-hybridized carbons (Fsp3) is 0.450. The minimum Gasteiger partial charge on any atom is -0.493 e. The average molecular weight is 404 g/mol. The van der Waals surface area contributed by atoms with E-state index in [4.69, 9.17) is 9.47 Å². The molecule has 0 radical (unpaired) electrons. The van der Waals surface area contributed by atoms with Crippen molar-refractivity contribution in [3.63, 3.8) is 0 Å². The molecule has 1 aliphatic rings. The summed E-state index contributed by atoms with van der Waals surface area (Å²) in [5, 5.41) is 5.94. The molecule has 1 saturated heterocycles. The van der Waals surface area contributed by atoms with E-state index in [1.807, 2.05) is 30.5 Å². The second-order valence-corrected chi connectivity index (χ2v) is 7.73. The second-order valence-electron chi connectivity index (χ2n) is 6.79. The molecule has 0 spiro atoms. The van der Waals surface area contributed by atoms with Gasteiger partial charge in [-0.3, -0.25) is 9.59 Å². The predicted molar refractivity (Wildman–Crippen MR) is 107 cm³/mol. The predicted octanol–water partition coefficient (Wildman–Crippen LogP) is 2.18. The molecule has 7 nitrogen and oxygen atoms in total. The van der Waals surface area contributed by atoms with Gasteiger partial charge in [-0.05, 0) is 24.6 Å². The molecule has 2 amide bonds. The van der Waals surface area contributed by atoms with Gasteiger partial charge < -0.3 is 19.7 Å². The molecule has 1 aromatic carbocycles. The first-order valence-corrected chi connectivity index (χ1v) is 10.1. The third-order valence-electron chi connectivity index (χ3n) is 4.71. The Morgan fingerprint density at radius 2 is 2.11 bits per heavy atom. The van der Waals surface area contributed by atoms with E-state index in [1.165, 1.54) is 0 Å². The summed E-state index contributed by atoms with van der Waals surface area (Å²) >= 11 is 1.60. The summed E-state index contributed by atoms with van der Waals surface area (Å²) in [5.41, 5.74) is 1.93. The fourth-order valence-electron chi connectivity index (χ4n) is 3.25. The number of hydrogen-bond acceptors (Lipinski definition) is 6. The molecule has 150 valence electrons. The number of carbonyl (C=O) groups excluding carboxylic acids is 2. The Labute approximate surface area is 168 Å². The minimum atomic E-state index is -0.314. The van der Waals surface area contributed by atoms with Gasteiger partial charge >= 0.3 is 0 Å². The summed E-state index contributed by atoms with van der Waals surface area (Å²) in [6.07, 6.45) is 0.954. The molecule has 0 unspecified atom stereocenters. The van der Waals surface area contributed by atoms with Crippen molar-refractivity contribution in [2.24, 2.45) is 5.92 Å². The van der Waals surface area contributed by atoms with E-state index in [0.29, 0.717) is 37.6 Å². The molecular formula is C20H25N3O4S. The van der Waals surface area contributed by atoms with Crippen LogP contribution in [0, 0.1) is 12.8 Å². The number of methoxy groups -OCH3 is 2. The van der Waals surface area contributed by atoms with Crippen LogP contribution in [0.3, 0.4) is 0 Å². The number of nitrogens with one attached hydrogen (secondary N) is 1. The van der Waals surface area contributed by atoms with Crippen molar-refractivity contribution >= 4 is 23.2 Å². The Kier molecular flexibility index (Phi) is 6.51. The lowest BCUT2D eigenvalue weighted by Crippen LogP contribution is -2.34. The van der Waals surface area contributed by atoms with Crippen LogP contribution in [0.15, 0.2) is 23.6 Å². The number of thiazole rings is 1. The van der Waals surface area contributed by atoms with Crippen molar-refractivity contribution in [2.45, 2.75) is 26.3 Å². The first-order chi connectivity index (χ1) is 13.5. The molecule has 1 fully saturated rings. The van der Waals surface area contributed by atoms with Crippen LogP contribution in [0.1, 0.15) is 22.7 Å². The zero-order chi connectivity index (χ0) is 20.1. The number of aryl methyl sites for hydroxylation is 1. The lowest BCUT2D eigenvalue weighted by atomic mass is 10.1. The molecule has 0 saturated carbocycles. The zero-order valence-corrected chi connectivity index (χ0v) is 17.2. The van der Waals surface area contributed by atoms with Gasteiger partial charge in [-0.1, -0.05) is 6.07 Å². The lowest BCUT2D eigenvalue weighted by molar-refractivity contribution is -0.129. The Balaban J connectivity index is 1.52. The number of rotatable bonds is 8. The number of hydrogen-bond donors (Lipinski definition) is 1. The van der Waals surface area contributed by atoms with Gasteiger partial charge in [0.15, 0.2) is 11.5 Å². The van der Waals surface area contributed by atoms with Gasteiger partial charge in [-0.15, -0.1) is 11.3 Å². The highest BCUT2D eigenvalue weighted by atomic mass is 32.1. The molecule has 1 aliphatic heterocycles. The fourth-order valence-corrected chi connectivity index (χ4v) is 4.03. The highest BCUT2D eigenvalue weighted by Gasteiger charge is 2.34. The van der Waals surface area contributed by atoms with Gasteiger partial charge in [0.2, 0.25) is 11.8 Å². The van der Waals surface area contributed by atoms with Crippen LogP contribution in [0.25, 0.3) is 0 Å². The van der Waals surface area contributed by atoms with Crippen LogP contribution in [-0.4, -0.2) is 49.0 Å². The number of aromatic nitrogens is 1. The smallest absolute Gasteiger partial charge is 0.225 e. The highest BCUT2D eigenvalue weighted by Crippen LogP contribution is 2.29. The second kappa shape index (κ2) is 9.05. The Bertz CT molecular complexity index is 852. The summed E-state index contributed by atoms with van der Waals surface area (Å²) in [5.74, 6) is 0.873. The summed E-state index contributed by atoms with van der Waals surface area (Å²) in [6, 6.07) is 5.58. The van der Waals surface area contributed by atoms with E-state index in [2.05, 4.69) is 10.3 Å². The van der Waals surface area contributed by atoms with E-state index < -0.39 is 0 Å². The molecule has 28 heavy (non-hydrogen) atoms. The molecule has 1 N–H and O–H groups in total. The molecule has 1 atom stereocenters. The summed E-state index contributed by atoms with van der Waals surface area (Å²) < 4.78 is 10.6. The summed E-state index contributed by atoms with van der Waals surface area (Å²) in [7, 11) is 3.16. The molecule has 2 heterocycles. The number of likely N-dealkylation sites (tertiary alicyclic amines) is 1. The monoisotopic (exact) mass is 403 g/mol. The Hall–Kier alpha value is -2.61. The number of ether oxygens (including phenoxy) is 2. The maximum absolute atomic E-state index is 12.4. The molecule has 3 rings (SSSR count). The van der Waals surface area contributed by atoms with E-state index in [0.717, 1.165) is 16.3 Å². The molecule has 2 aromatic rings. The van der Waals surface area contributed by atoms with E-state index in [-0.39, 0.29) is 24.2 Å². The largest absolute Gasteiger partial charge is 0.493 e. The molecule has 1 aromatic heterocycles. The number of carbonyl (C=O) groups is 2. The van der Waals surface area contributed by atoms with Crippen molar-refractivity contribution in [2.75, 3.05) is 27.3 Å². The van der Waals surface area contributed by atoms with Crippen LogP contribution in [0.2, 0.25) is 0 Å². The minimum absolute atomic E-state index is 0.00881. The standard InChI is InChI=1S/C20H25N3O4S/c1-13-12-28-18(22-13)6-7-21-20(25)15-9-19(24)23(11-15)10-14-4-5-16(26-2)17(8-14)27-3/h4-5,8,12,15H,6-7,9-11H2,1-3H3,(H,21,25)/t15-/m1/s1. The van der Waals surface area contributed by atoms with Crippen molar-refractivity contribution in [3.8, 4) is 11.5 Å². The molecule has 0 aliphatic carbocycles. The summed E-state index contributed by atoms with van der Waals surface area (Å²) in [4.78, 5) is 30.9. The third-order valence-corrected chi connectivity index (χ3v) is 5.74. The van der Waals surface area contributed by atoms with Crippen LogP contribution in [-0.2, 0) is 22.6 Å². The number of amides is 2. The van der Waals surface area contributed by atoms with Crippen molar-refractivity contribution < 1.29 is 19.1 Å². The van der Waals surface area contributed by atoms with E-state index >= 15 is 0 Å². The molecule has 8 heteroatoms. The Morgan fingerprint density at radius 1 is 1.32 bits per heavy atom. The van der Waals surface area contributed by atoms with Gasteiger partial charge in [0.25, 0.3) is 0 Å². The van der Waals surface area contributed by atoms with Gasteiger partial charge in [0.05, 0.1) is 25.1 Å². The Morgan fingerprint density at radius 3 is 2.79 bits per heavy atom. The van der Waals surface area contributed by atoms with Crippen LogP contribution in [0.4, 0.5) is 0 Å². The van der Waals surface area contributed by atoms with Crippen LogP contribution < -0.4 is 14.8 Å². The SMILES string of the molecule is COc1ccc(CN2C[C@H](C(=O)NCCc3nc(C)cs3)CC2=O)cc1OC. The number of benzene rings is 1. The highest BCUT2D eigenvalue weighted by molar-refractivity contribution is 7.09. The summed E-state index contributed by atoms with van der Waals surface area (Å²) in [6.45, 7) is 3.36. The average Bonchev–Trinajstić information content (AvgIpc) is 3.27. The van der Waals surface area contributed by atoms with Gasteiger partial charge in [-0.25, -0.2) is 4.98 Å². The van der Waals surface area contributed by atoms with Gasteiger partial charge in [0, 0.05) is 43.5 Å². The van der Waals surface area contributed by atoms with E-state index in [1.54, 1.807) is 30.5 Å². The quantitative estimate of drug-likeness (QED) is 0.731. The van der Waals surface area contributed by atoms with Crippen molar-refractivity contribution in [1.82, 2.24) is 15.2 Å². The maximum Gasteiger partial charge on any atom is 0.225 e. The third kappa shape index (κ3) is 4.81. The lowest BCUT2D eigenvalue weighted by Gasteiger charge is -2.18. The molecular weight excluding hydrogens is 378 g/mol. The maximum atomic E-state index is 12.4. The van der Waals surface area contributed by atoms with Crippen molar-refractivity contribution in [1.29, 1.82) is 0 Å². The van der Waals surface area contributed by atoms with Crippen LogP contribution in [0.5, 0.6) is 11.5 Å².